The van der Waals surface area contributed by atoms with E-state index in [1.54, 1.807) is 11.2 Å². The van der Waals surface area contributed by atoms with E-state index in [1.807, 2.05) is 61.2 Å². The predicted octanol–water partition coefficient (Wildman–Crippen LogP) is 3.39. The molecule has 6 nitrogen and oxygen atoms in total. The van der Waals surface area contributed by atoms with Crippen LogP contribution in [0.15, 0.2) is 53.1 Å². The van der Waals surface area contributed by atoms with Crippen molar-refractivity contribution in [3.05, 3.63) is 54.5 Å². The Morgan fingerprint density at radius 1 is 1.03 bits per heavy atom. The molecule has 0 spiro atoms. The lowest BCUT2D eigenvalue weighted by Gasteiger charge is -2.34. The molecule has 1 saturated heterocycles. The summed E-state index contributed by atoms with van der Waals surface area (Å²) < 4.78 is 5.46. The standard InChI is InChI=1S/C23H31N3O3/c1-3-25(4-2)23(28)19-12-14-24(15-13-19)18-22(27)26(17-21-11-8-16-29-21)20-9-6-5-7-10-20/h5-11,16,19H,3-4,12-15,17-18H2,1-2H3. The highest BCUT2D eigenvalue weighted by atomic mass is 16.3. The number of rotatable bonds is 8. The lowest BCUT2D eigenvalue weighted by atomic mass is 9.95. The first-order chi connectivity index (χ1) is 14.1. The summed E-state index contributed by atoms with van der Waals surface area (Å²) in [4.78, 5) is 31.5. The van der Waals surface area contributed by atoms with Gasteiger partial charge in [-0.2, -0.15) is 0 Å². The Morgan fingerprint density at radius 3 is 2.31 bits per heavy atom. The first-order valence-electron chi connectivity index (χ1n) is 10.5. The molecule has 1 aromatic heterocycles. The Labute approximate surface area is 173 Å². The number of piperidine rings is 1. The molecule has 0 radical (unpaired) electrons. The number of hydrogen-bond donors (Lipinski definition) is 0. The minimum atomic E-state index is 0.0427. The van der Waals surface area contributed by atoms with Crippen LogP contribution in [0.1, 0.15) is 32.4 Å². The molecule has 0 atom stereocenters. The van der Waals surface area contributed by atoms with Crippen LogP contribution in [-0.2, 0) is 16.1 Å². The van der Waals surface area contributed by atoms with Gasteiger partial charge in [-0.3, -0.25) is 14.5 Å². The van der Waals surface area contributed by atoms with Gasteiger partial charge in [0.05, 0.1) is 19.4 Å². The number of hydrogen-bond acceptors (Lipinski definition) is 4. The Kier molecular flexibility index (Phi) is 7.47. The molecule has 2 heterocycles. The first-order valence-corrected chi connectivity index (χ1v) is 10.5. The number of nitrogens with zero attached hydrogens (tertiary/aromatic N) is 3. The minimum absolute atomic E-state index is 0.0427. The summed E-state index contributed by atoms with van der Waals surface area (Å²) in [5.41, 5.74) is 0.862. The molecule has 6 heteroatoms. The smallest absolute Gasteiger partial charge is 0.241 e. The monoisotopic (exact) mass is 397 g/mol. The number of amides is 2. The molecule has 156 valence electrons. The summed E-state index contributed by atoms with van der Waals surface area (Å²) in [6.07, 6.45) is 3.25. The van der Waals surface area contributed by atoms with Gasteiger partial charge in [0.2, 0.25) is 11.8 Å². The van der Waals surface area contributed by atoms with E-state index < -0.39 is 0 Å². The number of furan rings is 1. The summed E-state index contributed by atoms with van der Waals surface area (Å²) in [5, 5.41) is 0. The molecular formula is C23H31N3O3. The lowest BCUT2D eigenvalue weighted by Crippen LogP contribution is -2.46. The van der Waals surface area contributed by atoms with E-state index in [9.17, 15) is 9.59 Å². The minimum Gasteiger partial charge on any atom is -0.467 e. The SMILES string of the molecule is CCN(CC)C(=O)C1CCN(CC(=O)N(Cc2ccco2)c2ccccc2)CC1. The van der Waals surface area contributed by atoms with Crippen molar-refractivity contribution in [3.63, 3.8) is 0 Å². The van der Waals surface area contributed by atoms with E-state index in [-0.39, 0.29) is 17.7 Å². The third kappa shape index (κ3) is 5.48. The van der Waals surface area contributed by atoms with Crippen LogP contribution in [0.5, 0.6) is 0 Å². The van der Waals surface area contributed by atoms with Gasteiger partial charge in [-0.25, -0.2) is 0 Å². The second-order valence-electron chi connectivity index (χ2n) is 7.46. The first kappa shape index (κ1) is 21.1. The maximum atomic E-state index is 13.1. The van der Waals surface area contributed by atoms with Crippen molar-refractivity contribution in [1.29, 1.82) is 0 Å². The van der Waals surface area contributed by atoms with Crippen molar-refractivity contribution in [1.82, 2.24) is 9.80 Å². The number of benzene rings is 1. The molecule has 0 N–H and O–H groups in total. The van der Waals surface area contributed by atoms with Crippen LogP contribution in [-0.4, -0.2) is 54.3 Å². The third-order valence-corrected chi connectivity index (χ3v) is 5.63. The molecule has 0 unspecified atom stereocenters. The fraction of sp³-hybridized carbons (Fsp3) is 0.478. The van der Waals surface area contributed by atoms with Crippen molar-refractivity contribution in [3.8, 4) is 0 Å². The van der Waals surface area contributed by atoms with Gasteiger partial charge in [0, 0.05) is 24.7 Å². The molecule has 2 aromatic rings. The zero-order valence-electron chi connectivity index (χ0n) is 17.4. The molecule has 1 aliphatic rings. The quantitative estimate of drug-likeness (QED) is 0.685. The second-order valence-corrected chi connectivity index (χ2v) is 7.46. The fourth-order valence-corrected chi connectivity index (χ4v) is 3.90. The van der Waals surface area contributed by atoms with Gasteiger partial charge in [0.15, 0.2) is 0 Å². The Morgan fingerprint density at radius 2 is 1.72 bits per heavy atom. The van der Waals surface area contributed by atoms with Crippen LogP contribution in [0.25, 0.3) is 0 Å². The third-order valence-electron chi connectivity index (χ3n) is 5.63. The number of anilines is 1. The zero-order valence-corrected chi connectivity index (χ0v) is 17.4. The normalized spacial score (nSPS) is 15.2. The zero-order chi connectivity index (χ0) is 20.6. The van der Waals surface area contributed by atoms with Crippen molar-refractivity contribution < 1.29 is 14.0 Å². The van der Waals surface area contributed by atoms with E-state index in [2.05, 4.69) is 4.90 Å². The number of carbonyl (C=O) groups excluding carboxylic acids is 2. The molecule has 1 fully saturated rings. The molecule has 2 amide bonds. The highest BCUT2D eigenvalue weighted by Gasteiger charge is 2.29. The van der Waals surface area contributed by atoms with Crippen LogP contribution in [0, 0.1) is 5.92 Å². The second kappa shape index (κ2) is 10.3. The fourth-order valence-electron chi connectivity index (χ4n) is 3.90. The molecule has 29 heavy (non-hydrogen) atoms. The largest absolute Gasteiger partial charge is 0.467 e. The maximum absolute atomic E-state index is 13.1. The van der Waals surface area contributed by atoms with Crippen LogP contribution in [0.3, 0.4) is 0 Å². The molecule has 1 aliphatic heterocycles. The van der Waals surface area contributed by atoms with E-state index in [4.69, 9.17) is 4.42 Å². The molecular weight excluding hydrogens is 366 g/mol. The molecule has 1 aromatic carbocycles. The lowest BCUT2D eigenvalue weighted by molar-refractivity contribution is -0.136. The predicted molar refractivity (Wildman–Crippen MR) is 113 cm³/mol. The number of likely N-dealkylation sites (tertiary alicyclic amines) is 1. The van der Waals surface area contributed by atoms with E-state index in [0.29, 0.717) is 13.1 Å². The van der Waals surface area contributed by atoms with Gasteiger partial charge >= 0.3 is 0 Å². The molecule has 0 saturated carbocycles. The summed E-state index contributed by atoms with van der Waals surface area (Å²) in [7, 11) is 0. The average Bonchev–Trinajstić information content (AvgIpc) is 3.27. The van der Waals surface area contributed by atoms with Crippen LogP contribution in [0.4, 0.5) is 5.69 Å². The van der Waals surface area contributed by atoms with Gasteiger partial charge in [0.1, 0.15) is 5.76 Å². The van der Waals surface area contributed by atoms with Crippen molar-refractivity contribution in [2.75, 3.05) is 37.6 Å². The van der Waals surface area contributed by atoms with Gasteiger partial charge in [-0.15, -0.1) is 0 Å². The highest BCUT2D eigenvalue weighted by molar-refractivity contribution is 5.94. The summed E-state index contributed by atoms with van der Waals surface area (Å²) in [6.45, 7) is 7.85. The summed E-state index contributed by atoms with van der Waals surface area (Å²) in [5.74, 6) is 1.13. The Hall–Kier alpha value is -2.60. The van der Waals surface area contributed by atoms with E-state index >= 15 is 0 Å². The van der Waals surface area contributed by atoms with E-state index in [1.165, 1.54) is 0 Å². The van der Waals surface area contributed by atoms with Crippen molar-refractivity contribution in [2.24, 2.45) is 5.92 Å². The Bertz CT molecular complexity index is 764. The topological polar surface area (TPSA) is 57.0 Å². The number of para-hydroxylation sites is 1. The molecule has 3 rings (SSSR count). The highest BCUT2D eigenvalue weighted by Crippen LogP contribution is 2.22. The summed E-state index contributed by atoms with van der Waals surface area (Å²) in [6, 6.07) is 13.4. The van der Waals surface area contributed by atoms with Gasteiger partial charge in [0.25, 0.3) is 0 Å². The van der Waals surface area contributed by atoms with Crippen molar-refractivity contribution in [2.45, 2.75) is 33.2 Å². The van der Waals surface area contributed by atoms with E-state index in [0.717, 1.165) is 50.5 Å². The van der Waals surface area contributed by atoms with Gasteiger partial charge in [-0.1, -0.05) is 18.2 Å². The molecule has 0 bridgehead atoms. The summed E-state index contributed by atoms with van der Waals surface area (Å²) >= 11 is 0. The van der Waals surface area contributed by atoms with Crippen molar-refractivity contribution >= 4 is 17.5 Å². The number of carbonyl (C=O) groups is 2. The van der Waals surface area contributed by atoms with Crippen LogP contribution in [0.2, 0.25) is 0 Å². The maximum Gasteiger partial charge on any atom is 0.241 e. The molecule has 0 aliphatic carbocycles. The van der Waals surface area contributed by atoms with Crippen LogP contribution < -0.4 is 4.90 Å². The van der Waals surface area contributed by atoms with Gasteiger partial charge < -0.3 is 14.2 Å². The van der Waals surface area contributed by atoms with Gasteiger partial charge in [-0.05, 0) is 64.0 Å². The Balaban J connectivity index is 1.60. The average molecular weight is 398 g/mol. The van der Waals surface area contributed by atoms with Crippen LogP contribution >= 0.6 is 0 Å².